The zero-order chi connectivity index (χ0) is 13.1. The van der Waals surface area contributed by atoms with E-state index in [1.54, 1.807) is 19.2 Å². The lowest BCUT2D eigenvalue weighted by Crippen LogP contribution is -1.96. The summed E-state index contributed by atoms with van der Waals surface area (Å²) in [4.78, 5) is 0. The number of anilines is 1. The SMILES string of the molecule is CCOc1cc(OC)c(Br)cc1-c1cc(N)on1. The summed E-state index contributed by atoms with van der Waals surface area (Å²) in [6.07, 6.45) is 0. The van der Waals surface area contributed by atoms with E-state index in [-0.39, 0.29) is 5.88 Å². The normalized spacial score (nSPS) is 10.4. The number of aromatic nitrogens is 1. The Morgan fingerprint density at radius 2 is 2.11 bits per heavy atom. The highest BCUT2D eigenvalue weighted by Crippen LogP contribution is 2.38. The quantitative estimate of drug-likeness (QED) is 0.939. The van der Waals surface area contributed by atoms with Crippen LogP contribution in [0, 0.1) is 0 Å². The third-order valence-corrected chi connectivity index (χ3v) is 2.98. The van der Waals surface area contributed by atoms with Crippen LogP contribution in [-0.2, 0) is 0 Å². The number of rotatable bonds is 4. The van der Waals surface area contributed by atoms with Gasteiger partial charge in [0.05, 0.1) is 18.2 Å². The molecule has 1 aromatic heterocycles. The Balaban J connectivity index is 2.54. The number of halogens is 1. The number of ether oxygens (including phenoxy) is 2. The highest BCUT2D eigenvalue weighted by molar-refractivity contribution is 9.10. The van der Waals surface area contributed by atoms with Crippen molar-refractivity contribution in [1.29, 1.82) is 0 Å². The molecule has 5 nitrogen and oxygen atoms in total. The maximum Gasteiger partial charge on any atom is 0.222 e. The van der Waals surface area contributed by atoms with Gasteiger partial charge in [-0.3, -0.25) is 0 Å². The summed E-state index contributed by atoms with van der Waals surface area (Å²) in [7, 11) is 1.60. The molecule has 0 spiro atoms. The first kappa shape index (κ1) is 12.8. The van der Waals surface area contributed by atoms with Crippen molar-refractivity contribution in [3.05, 3.63) is 22.7 Å². The van der Waals surface area contributed by atoms with E-state index in [1.165, 1.54) is 0 Å². The predicted molar refractivity (Wildman–Crippen MR) is 71.8 cm³/mol. The van der Waals surface area contributed by atoms with E-state index in [0.717, 1.165) is 10.0 Å². The molecular weight excluding hydrogens is 300 g/mol. The summed E-state index contributed by atoms with van der Waals surface area (Å²) in [5.41, 5.74) is 6.95. The third kappa shape index (κ3) is 2.43. The number of hydrogen-bond acceptors (Lipinski definition) is 5. The van der Waals surface area contributed by atoms with Crippen LogP contribution in [0.2, 0.25) is 0 Å². The van der Waals surface area contributed by atoms with Crippen LogP contribution in [0.25, 0.3) is 11.3 Å². The second-order valence-corrected chi connectivity index (χ2v) is 4.38. The second kappa shape index (κ2) is 5.30. The monoisotopic (exact) mass is 312 g/mol. The number of benzene rings is 1. The fourth-order valence-corrected chi connectivity index (χ4v) is 2.09. The molecule has 96 valence electrons. The molecular formula is C12H13BrN2O3. The predicted octanol–water partition coefficient (Wildman–Crippen LogP) is 3.09. The smallest absolute Gasteiger partial charge is 0.222 e. The molecule has 0 aliphatic carbocycles. The average Bonchev–Trinajstić information content (AvgIpc) is 2.78. The van der Waals surface area contributed by atoms with Gasteiger partial charge < -0.3 is 19.7 Å². The minimum atomic E-state index is 0.263. The van der Waals surface area contributed by atoms with Gasteiger partial charge in [0, 0.05) is 17.7 Å². The van der Waals surface area contributed by atoms with Crippen LogP contribution in [0.5, 0.6) is 11.5 Å². The molecule has 0 radical (unpaired) electrons. The molecule has 18 heavy (non-hydrogen) atoms. The lowest BCUT2D eigenvalue weighted by molar-refractivity contribution is 0.337. The summed E-state index contributed by atoms with van der Waals surface area (Å²) in [5.74, 6) is 1.63. The Kier molecular flexibility index (Phi) is 3.76. The van der Waals surface area contributed by atoms with Gasteiger partial charge in [-0.25, -0.2) is 0 Å². The maximum absolute atomic E-state index is 5.57. The van der Waals surface area contributed by atoms with Crippen LogP contribution in [0.1, 0.15) is 6.92 Å². The number of nitrogens with two attached hydrogens (primary N) is 1. The molecule has 0 fully saturated rings. The Labute approximate surface area is 113 Å². The molecule has 0 aliphatic heterocycles. The standard InChI is InChI=1S/C12H13BrN2O3/c1-3-17-10-6-11(16-2)8(13)4-7(10)9-5-12(14)18-15-9/h4-6H,3,14H2,1-2H3. The Morgan fingerprint density at radius 1 is 1.33 bits per heavy atom. The highest BCUT2D eigenvalue weighted by Gasteiger charge is 2.14. The summed E-state index contributed by atoms with van der Waals surface area (Å²) < 4.78 is 16.5. The molecule has 6 heteroatoms. The van der Waals surface area contributed by atoms with Gasteiger partial charge in [-0.05, 0) is 28.9 Å². The van der Waals surface area contributed by atoms with E-state index in [2.05, 4.69) is 21.1 Å². The van der Waals surface area contributed by atoms with Gasteiger partial charge >= 0.3 is 0 Å². The molecule has 0 atom stereocenters. The minimum Gasteiger partial charge on any atom is -0.495 e. The van der Waals surface area contributed by atoms with E-state index >= 15 is 0 Å². The van der Waals surface area contributed by atoms with Crippen molar-refractivity contribution in [2.24, 2.45) is 0 Å². The summed E-state index contributed by atoms with van der Waals surface area (Å²) in [5, 5.41) is 3.88. The van der Waals surface area contributed by atoms with Gasteiger partial charge in [-0.2, -0.15) is 0 Å². The Morgan fingerprint density at radius 3 is 2.67 bits per heavy atom. The molecule has 2 aromatic rings. The average molecular weight is 313 g/mol. The summed E-state index contributed by atoms with van der Waals surface area (Å²) in [6, 6.07) is 5.31. The lowest BCUT2D eigenvalue weighted by Gasteiger charge is -2.11. The van der Waals surface area contributed by atoms with Gasteiger partial charge in [0.15, 0.2) is 0 Å². The Bertz CT molecular complexity index is 554. The van der Waals surface area contributed by atoms with Crippen molar-refractivity contribution in [2.45, 2.75) is 6.92 Å². The van der Waals surface area contributed by atoms with Crippen LogP contribution < -0.4 is 15.2 Å². The fourth-order valence-electron chi connectivity index (χ4n) is 1.58. The molecule has 0 aliphatic rings. The van der Waals surface area contributed by atoms with Crippen LogP contribution in [0.3, 0.4) is 0 Å². The Hall–Kier alpha value is -1.69. The highest BCUT2D eigenvalue weighted by atomic mass is 79.9. The van der Waals surface area contributed by atoms with E-state index in [4.69, 9.17) is 19.7 Å². The first-order valence-corrected chi connectivity index (χ1v) is 6.18. The van der Waals surface area contributed by atoms with Gasteiger partial charge in [-0.15, -0.1) is 0 Å². The molecule has 1 heterocycles. The van der Waals surface area contributed by atoms with Gasteiger partial charge in [0.2, 0.25) is 5.88 Å². The van der Waals surface area contributed by atoms with Gasteiger partial charge in [0.25, 0.3) is 0 Å². The number of nitrogen functional groups attached to an aromatic ring is 1. The summed E-state index contributed by atoms with van der Waals surface area (Å²) in [6.45, 7) is 2.46. The van der Waals surface area contributed by atoms with Crippen LogP contribution in [-0.4, -0.2) is 18.9 Å². The van der Waals surface area contributed by atoms with E-state index in [9.17, 15) is 0 Å². The van der Waals surface area contributed by atoms with Gasteiger partial charge in [0.1, 0.15) is 17.2 Å². The van der Waals surface area contributed by atoms with Crippen molar-refractivity contribution in [1.82, 2.24) is 5.16 Å². The lowest BCUT2D eigenvalue weighted by atomic mass is 10.1. The minimum absolute atomic E-state index is 0.263. The van der Waals surface area contributed by atoms with E-state index in [1.807, 2.05) is 13.0 Å². The van der Waals surface area contributed by atoms with Crippen LogP contribution >= 0.6 is 15.9 Å². The molecule has 0 amide bonds. The first-order chi connectivity index (χ1) is 8.65. The molecule has 1 aromatic carbocycles. The maximum atomic E-state index is 5.57. The third-order valence-electron chi connectivity index (χ3n) is 2.36. The van der Waals surface area contributed by atoms with E-state index < -0.39 is 0 Å². The van der Waals surface area contributed by atoms with Crippen molar-refractivity contribution in [3.8, 4) is 22.8 Å². The molecule has 2 N–H and O–H groups in total. The largest absolute Gasteiger partial charge is 0.495 e. The van der Waals surface area contributed by atoms with Crippen molar-refractivity contribution < 1.29 is 14.0 Å². The zero-order valence-electron chi connectivity index (χ0n) is 10.1. The topological polar surface area (TPSA) is 70.5 Å². The number of hydrogen-bond donors (Lipinski definition) is 1. The van der Waals surface area contributed by atoms with E-state index in [0.29, 0.717) is 23.8 Å². The zero-order valence-corrected chi connectivity index (χ0v) is 11.7. The fraction of sp³-hybridized carbons (Fsp3) is 0.250. The molecule has 0 saturated carbocycles. The van der Waals surface area contributed by atoms with Crippen LogP contribution in [0.15, 0.2) is 27.2 Å². The summed E-state index contributed by atoms with van der Waals surface area (Å²) >= 11 is 3.43. The molecule has 0 saturated heterocycles. The molecule has 0 bridgehead atoms. The number of methoxy groups -OCH3 is 1. The van der Waals surface area contributed by atoms with Crippen molar-refractivity contribution >= 4 is 21.8 Å². The molecule has 0 unspecified atom stereocenters. The second-order valence-electron chi connectivity index (χ2n) is 3.53. The molecule has 2 rings (SSSR count). The number of nitrogens with zero attached hydrogens (tertiary/aromatic N) is 1. The van der Waals surface area contributed by atoms with Crippen molar-refractivity contribution in [3.63, 3.8) is 0 Å². The van der Waals surface area contributed by atoms with Crippen LogP contribution in [0.4, 0.5) is 5.88 Å². The first-order valence-electron chi connectivity index (χ1n) is 5.38. The van der Waals surface area contributed by atoms with Gasteiger partial charge in [-0.1, -0.05) is 5.16 Å². The van der Waals surface area contributed by atoms with Crippen molar-refractivity contribution in [2.75, 3.05) is 19.5 Å².